The van der Waals surface area contributed by atoms with E-state index in [0.717, 1.165) is 24.0 Å². The second-order valence-electron chi connectivity index (χ2n) is 9.54. The first kappa shape index (κ1) is 22.4. The molecule has 3 aliphatic rings. The molecular formula is C27H30N2O5. The number of carboxylic acid groups (broad SMARTS) is 1. The minimum Gasteiger partial charge on any atom is -0.481 e. The van der Waals surface area contributed by atoms with Crippen molar-refractivity contribution in [3.05, 3.63) is 59.7 Å². The van der Waals surface area contributed by atoms with Gasteiger partial charge in [-0.2, -0.15) is 0 Å². The van der Waals surface area contributed by atoms with Crippen molar-refractivity contribution < 1.29 is 24.2 Å². The van der Waals surface area contributed by atoms with Crippen LogP contribution in [0.2, 0.25) is 0 Å². The van der Waals surface area contributed by atoms with Crippen LogP contribution in [-0.4, -0.2) is 53.2 Å². The van der Waals surface area contributed by atoms with Crippen LogP contribution in [-0.2, 0) is 14.3 Å². The Kier molecular flexibility index (Phi) is 6.02. The zero-order valence-electron chi connectivity index (χ0n) is 19.3. The molecule has 2 bridgehead atoms. The van der Waals surface area contributed by atoms with Gasteiger partial charge in [0, 0.05) is 24.5 Å². The lowest BCUT2D eigenvalue weighted by Gasteiger charge is -2.27. The number of amides is 2. The number of carbonyl (C=O) groups is 3. The molecule has 2 aromatic rings. The lowest BCUT2D eigenvalue weighted by Crippen LogP contribution is -2.44. The Morgan fingerprint density at radius 1 is 1.06 bits per heavy atom. The van der Waals surface area contributed by atoms with Crippen molar-refractivity contribution in [3.63, 3.8) is 0 Å². The highest BCUT2D eigenvalue weighted by Crippen LogP contribution is 2.45. The van der Waals surface area contributed by atoms with E-state index in [4.69, 9.17) is 4.74 Å². The number of fused-ring (bicyclic) bond motifs is 5. The summed E-state index contributed by atoms with van der Waals surface area (Å²) in [7, 11) is 0. The van der Waals surface area contributed by atoms with E-state index in [-0.39, 0.29) is 37.1 Å². The number of benzene rings is 2. The second kappa shape index (κ2) is 9.12. The number of hydrogen-bond donors (Lipinski definition) is 2. The summed E-state index contributed by atoms with van der Waals surface area (Å²) in [5.74, 6) is -1.77. The third-order valence-electron chi connectivity index (χ3n) is 7.79. The Labute approximate surface area is 199 Å². The number of hydrogen-bond acceptors (Lipinski definition) is 4. The minimum atomic E-state index is -0.824. The van der Waals surface area contributed by atoms with Gasteiger partial charge < -0.3 is 20.1 Å². The van der Waals surface area contributed by atoms with E-state index in [1.807, 2.05) is 31.2 Å². The molecule has 5 rings (SSSR count). The van der Waals surface area contributed by atoms with Crippen molar-refractivity contribution in [1.29, 1.82) is 0 Å². The fourth-order valence-corrected chi connectivity index (χ4v) is 6.07. The van der Waals surface area contributed by atoms with Gasteiger partial charge >= 0.3 is 12.1 Å². The molecule has 2 amide bonds. The Balaban J connectivity index is 1.18. The molecular weight excluding hydrogens is 432 g/mol. The molecule has 7 heteroatoms. The molecule has 0 radical (unpaired) electrons. The van der Waals surface area contributed by atoms with Gasteiger partial charge in [-0.05, 0) is 47.9 Å². The molecule has 7 nitrogen and oxygen atoms in total. The number of ether oxygens (including phenoxy) is 1. The Hall–Kier alpha value is -3.35. The first-order chi connectivity index (χ1) is 16.5. The molecule has 0 aromatic heterocycles. The number of nitrogens with zero attached hydrogens (tertiary/aromatic N) is 1. The highest BCUT2D eigenvalue weighted by Gasteiger charge is 2.52. The molecule has 2 aromatic carbocycles. The molecule has 2 fully saturated rings. The predicted octanol–water partition coefficient (Wildman–Crippen LogP) is 4.02. The Bertz CT molecular complexity index is 1070. The van der Waals surface area contributed by atoms with Crippen molar-refractivity contribution in [2.45, 2.75) is 50.6 Å². The van der Waals surface area contributed by atoms with E-state index in [2.05, 4.69) is 29.6 Å². The number of rotatable bonds is 7. The molecule has 0 spiro atoms. The first-order valence-electron chi connectivity index (χ1n) is 12.1. The maximum Gasteiger partial charge on any atom is 0.407 e. The van der Waals surface area contributed by atoms with Gasteiger partial charge in [0.05, 0.1) is 11.8 Å². The van der Waals surface area contributed by atoms with Crippen LogP contribution in [0.15, 0.2) is 48.5 Å². The minimum absolute atomic E-state index is 0.00195. The summed E-state index contributed by atoms with van der Waals surface area (Å²) in [6.07, 6.45) is 2.15. The van der Waals surface area contributed by atoms with Crippen LogP contribution in [0.1, 0.15) is 49.7 Å². The van der Waals surface area contributed by atoms with Crippen LogP contribution in [0.4, 0.5) is 4.79 Å². The largest absolute Gasteiger partial charge is 0.481 e. The molecule has 1 aliphatic carbocycles. The molecule has 2 heterocycles. The standard InChI is InChI=1S/C27H30N2O5/c1-2-16(25(30)29-17-11-12-24(29)22(13-17)26(31)32)14-28-27(33)34-15-23-20-9-5-3-7-18(20)19-8-4-6-10-21(19)23/h3-10,16-17,22-24H,2,11-15H2,1H3,(H,28,33)(H,31,32). The maximum atomic E-state index is 13.2. The van der Waals surface area contributed by atoms with Gasteiger partial charge in [0.15, 0.2) is 0 Å². The normalized spacial score (nSPS) is 23.3. The van der Waals surface area contributed by atoms with Crippen molar-refractivity contribution >= 4 is 18.0 Å². The van der Waals surface area contributed by atoms with Gasteiger partial charge in [-0.15, -0.1) is 0 Å². The van der Waals surface area contributed by atoms with E-state index in [9.17, 15) is 19.5 Å². The smallest absolute Gasteiger partial charge is 0.407 e. The van der Waals surface area contributed by atoms with E-state index >= 15 is 0 Å². The summed E-state index contributed by atoms with van der Waals surface area (Å²) in [5, 5.41) is 12.2. The van der Waals surface area contributed by atoms with Gasteiger partial charge in [0.1, 0.15) is 6.61 Å². The quantitative estimate of drug-likeness (QED) is 0.648. The molecule has 2 aliphatic heterocycles. The average Bonchev–Trinajstić information content (AvgIpc) is 3.52. The van der Waals surface area contributed by atoms with E-state index in [1.165, 1.54) is 11.1 Å². The summed E-state index contributed by atoms with van der Waals surface area (Å²) in [6, 6.07) is 16.1. The lowest BCUT2D eigenvalue weighted by atomic mass is 9.89. The van der Waals surface area contributed by atoms with Crippen molar-refractivity contribution in [2.75, 3.05) is 13.2 Å². The van der Waals surface area contributed by atoms with Gasteiger partial charge in [-0.25, -0.2) is 4.79 Å². The summed E-state index contributed by atoms with van der Waals surface area (Å²) in [6.45, 7) is 2.31. The second-order valence-corrected chi connectivity index (χ2v) is 9.54. The van der Waals surface area contributed by atoms with Gasteiger partial charge in [0.25, 0.3) is 0 Å². The number of nitrogens with one attached hydrogen (secondary N) is 1. The first-order valence-corrected chi connectivity index (χ1v) is 12.1. The SMILES string of the molecule is CCC(CNC(=O)OCC1c2ccccc2-c2ccccc21)C(=O)N1C2CCC1C(C(=O)O)C2. The molecule has 178 valence electrons. The van der Waals surface area contributed by atoms with Crippen molar-refractivity contribution in [3.8, 4) is 11.1 Å². The molecule has 4 unspecified atom stereocenters. The van der Waals surface area contributed by atoms with Crippen LogP contribution in [0.3, 0.4) is 0 Å². The molecule has 34 heavy (non-hydrogen) atoms. The molecule has 0 saturated carbocycles. The lowest BCUT2D eigenvalue weighted by molar-refractivity contribution is -0.143. The number of carboxylic acids is 1. The molecule has 2 N–H and O–H groups in total. The van der Waals surface area contributed by atoms with Crippen LogP contribution < -0.4 is 5.32 Å². The number of carbonyl (C=O) groups excluding carboxylic acids is 2. The van der Waals surface area contributed by atoms with Gasteiger partial charge in [0.2, 0.25) is 5.91 Å². The zero-order chi connectivity index (χ0) is 23.8. The highest BCUT2D eigenvalue weighted by atomic mass is 16.5. The topological polar surface area (TPSA) is 95.9 Å². The Morgan fingerprint density at radius 3 is 2.29 bits per heavy atom. The van der Waals surface area contributed by atoms with Crippen molar-refractivity contribution in [1.82, 2.24) is 10.2 Å². The van der Waals surface area contributed by atoms with Gasteiger partial charge in [-0.3, -0.25) is 9.59 Å². The summed E-state index contributed by atoms with van der Waals surface area (Å²) < 4.78 is 5.59. The summed E-state index contributed by atoms with van der Waals surface area (Å²) in [4.78, 5) is 39.1. The molecule has 4 atom stereocenters. The zero-order valence-corrected chi connectivity index (χ0v) is 19.3. The van der Waals surface area contributed by atoms with E-state index in [0.29, 0.717) is 12.8 Å². The summed E-state index contributed by atoms with van der Waals surface area (Å²) in [5.41, 5.74) is 4.64. The van der Waals surface area contributed by atoms with Crippen LogP contribution >= 0.6 is 0 Å². The van der Waals surface area contributed by atoms with Gasteiger partial charge in [-0.1, -0.05) is 55.5 Å². The highest BCUT2D eigenvalue weighted by molar-refractivity contribution is 5.83. The third kappa shape index (κ3) is 3.83. The summed E-state index contributed by atoms with van der Waals surface area (Å²) >= 11 is 0. The Morgan fingerprint density at radius 2 is 1.71 bits per heavy atom. The van der Waals surface area contributed by atoms with Crippen molar-refractivity contribution in [2.24, 2.45) is 11.8 Å². The average molecular weight is 463 g/mol. The fraction of sp³-hybridized carbons (Fsp3) is 0.444. The third-order valence-corrected chi connectivity index (χ3v) is 7.79. The number of alkyl carbamates (subject to hydrolysis) is 1. The van der Waals surface area contributed by atoms with Crippen LogP contribution in [0, 0.1) is 11.8 Å². The van der Waals surface area contributed by atoms with E-state index < -0.39 is 23.9 Å². The van der Waals surface area contributed by atoms with Crippen LogP contribution in [0.25, 0.3) is 11.1 Å². The van der Waals surface area contributed by atoms with E-state index in [1.54, 1.807) is 4.90 Å². The molecule has 2 saturated heterocycles. The number of aliphatic carboxylic acids is 1. The predicted molar refractivity (Wildman–Crippen MR) is 126 cm³/mol. The monoisotopic (exact) mass is 462 g/mol. The van der Waals surface area contributed by atoms with Crippen LogP contribution in [0.5, 0.6) is 0 Å². The maximum absolute atomic E-state index is 13.2. The fourth-order valence-electron chi connectivity index (χ4n) is 6.07.